The van der Waals surface area contributed by atoms with E-state index in [9.17, 15) is 29.0 Å². The average Bonchev–Trinajstić information content (AvgIpc) is 3.39. The second kappa shape index (κ2) is 14.0. The number of hydrogen-bond acceptors (Lipinski definition) is 12. The third kappa shape index (κ3) is 9.53. The lowest BCUT2D eigenvalue weighted by Gasteiger charge is -2.17. The zero-order valence-corrected chi connectivity index (χ0v) is 23.0. The van der Waals surface area contributed by atoms with Crippen LogP contribution in [0.2, 0.25) is 0 Å². The van der Waals surface area contributed by atoms with Crippen molar-refractivity contribution in [2.24, 2.45) is 0 Å². The van der Waals surface area contributed by atoms with Crippen LogP contribution in [-0.2, 0) is 27.5 Å². The topological polar surface area (TPSA) is 248 Å². The van der Waals surface area contributed by atoms with Gasteiger partial charge in [-0.05, 0) is 12.8 Å². The van der Waals surface area contributed by atoms with Crippen LogP contribution in [0.15, 0.2) is 12.7 Å². The molecule has 17 nitrogen and oxygen atoms in total. The number of nitrogens with zero attached hydrogens (tertiary/aromatic N) is 4. The molecule has 2 aromatic rings. The molecule has 3 heterocycles. The summed E-state index contributed by atoms with van der Waals surface area (Å²) in [5.41, 5.74) is 0.692. The molecule has 5 atom stereocenters. The molecule has 1 amide bonds. The van der Waals surface area contributed by atoms with E-state index in [2.05, 4.69) is 34.4 Å². The van der Waals surface area contributed by atoms with Crippen molar-refractivity contribution in [3.63, 3.8) is 0 Å². The number of carbonyl (C=O) groups excluding carboxylic acids is 1. The molecule has 220 valence electrons. The minimum atomic E-state index is -5.32. The first-order chi connectivity index (χ1) is 18.4. The Labute approximate surface area is 223 Å². The molecule has 1 saturated heterocycles. The fourth-order valence-corrected chi connectivity index (χ4v) is 5.62. The van der Waals surface area contributed by atoms with E-state index in [1.54, 1.807) is 0 Å². The highest BCUT2D eigenvalue weighted by atomic mass is 31.3. The zero-order valence-electron chi connectivity index (χ0n) is 21.2. The molecule has 1 unspecified atom stereocenters. The second-order valence-electron chi connectivity index (χ2n) is 8.96. The van der Waals surface area contributed by atoms with Gasteiger partial charge in [0.05, 0.1) is 12.9 Å². The van der Waals surface area contributed by atoms with E-state index in [1.165, 1.54) is 24.1 Å². The molecule has 0 spiro atoms. The lowest BCUT2D eigenvalue weighted by atomic mass is 10.1. The van der Waals surface area contributed by atoms with Crippen molar-refractivity contribution in [2.45, 2.75) is 70.0 Å². The van der Waals surface area contributed by atoms with Crippen molar-refractivity contribution in [3.05, 3.63) is 12.7 Å². The molecule has 0 radical (unpaired) electrons. The van der Waals surface area contributed by atoms with E-state index in [1.807, 2.05) is 0 Å². The molecule has 7 N–H and O–H groups in total. The summed E-state index contributed by atoms with van der Waals surface area (Å²) in [4.78, 5) is 50.4. The van der Waals surface area contributed by atoms with Crippen LogP contribution in [0.25, 0.3) is 11.2 Å². The van der Waals surface area contributed by atoms with Gasteiger partial charge < -0.3 is 40.3 Å². The average molecular weight is 596 g/mol. The molecule has 1 fully saturated rings. The third-order valence-electron chi connectivity index (χ3n) is 5.85. The van der Waals surface area contributed by atoms with E-state index in [-0.39, 0.29) is 5.91 Å². The highest BCUT2D eigenvalue weighted by molar-refractivity contribution is 7.60. The van der Waals surface area contributed by atoms with Gasteiger partial charge >= 0.3 is 15.6 Å². The number of ether oxygens (including phenoxy) is 1. The first kappa shape index (κ1) is 31.5. The highest BCUT2D eigenvalue weighted by Gasteiger charge is 2.46. The molecule has 2 aromatic heterocycles. The van der Waals surface area contributed by atoms with Crippen molar-refractivity contribution < 1.29 is 52.4 Å². The zero-order chi connectivity index (χ0) is 28.6. The number of fused-ring (bicyclic) bond motifs is 1. The first-order valence-electron chi connectivity index (χ1n) is 12.3. The Balaban J connectivity index is 1.51. The number of phosphoric ester groups is 1. The maximum Gasteiger partial charge on any atom is 0.481 e. The monoisotopic (exact) mass is 596 g/mol. The maximum atomic E-state index is 11.7. The molecule has 3 rings (SSSR count). The first-order valence-corrected chi connectivity index (χ1v) is 15.3. The van der Waals surface area contributed by atoms with Crippen molar-refractivity contribution in [2.75, 3.05) is 25.0 Å². The molecule has 19 heteroatoms. The molecule has 0 aliphatic carbocycles. The van der Waals surface area contributed by atoms with Crippen molar-refractivity contribution in [1.29, 1.82) is 0 Å². The predicted octanol–water partition coefficient (Wildman–Crippen LogP) is 0.560. The van der Waals surface area contributed by atoms with Crippen LogP contribution >= 0.6 is 15.6 Å². The summed E-state index contributed by atoms with van der Waals surface area (Å²) in [5.74, 6) is 0.454. The summed E-state index contributed by atoms with van der Waals surface area (Å²) in [6.45, 7) is 2.03. The quantitative estimate of drug-likeness (QED) is 0.103. The van der Waals surface area contributed by atoms with Gasteiger partial charge in [-0.15, -0.1) is 0 Å². The van der Waals surface area contributed by atoms with E-state index >= 15 is 0 Å². The van der Waals surface area contributed by atoms with Gasteiger partial charge in [-0.2, -0.15) is 4.31 Å². The summed E-state index contributed by atoms with van der Waals surface area (Å²) in [5, 5.41) is 26.8. The highest BCUT2D eigenvalue weighted by Crippen LogP contribution is 2.57. The van der Waals surface area contributed by atoms with Gasteiger partial charge in [-0.1, -0.05) is 25.7 Å². The Morgan fingerprint density at radius 3 is 2.36 bits per heavy atom. The summed E-state index contributed by atoms with van der Waals surface area (Å²) in [6.07, 6.45) is 3.07. The smallest absolute Gasteiger partial charge is 0.387 e. The Morgan fingerprint density at radius 1 is 1.03 bits per heavy atom. The van der Waals surface area contributed by atoms with Crippen LogP contribution in [0.1, 0.15) is 51.7 Å². The van der Waals surface area contributed by atoms with Gasteiger partial charge in [0, 0.05) is 20.0 Å². The second-order valence-corrected chi connectivity index (χ2v) is 11.8. The van der Waals surface area contributed by atoms with Crippen LogP contribution in [-0.4, -0.2) is 88.3 Å². The summed E-state index contributed by atoms with van der Waals surface area (Å²) >= 11 is 0. The van der Waals surface area contributed by atoms with Crippen molar-refractivity contribution in [1.82, 2.24) is 24.8 Å². The summed E-state index contributed by atoms with van der Waals surface area (Å²) in [7, 11) is -10.5. The maximum absolute atomic E-state index is 11.7. The van der Waals surface area contributed by atoms with Crippen molar-refractivity contribution >= 4 is 38.5 Å². The van der Waals surface area contributed by atoms with Gasteiger partial charge in [-0.3, -0.25) is 13.9 Å². The van der Waals surface area contributed by atoms with Crippen LogP contribution in [0.5, 0.6) is 0 Å². The van der Waals surface area contributed by atoms with E-state index in [0.717, 1.165) is 38.5 Å². The van der Waals surface area contributed by atoms with E-state index < -0.39 is 46.8 Å². The molecule has 0 saturated carbocycles. The number of aromatic nitrogens is 4. The van der Waals surface area contributed by atoms with Gasteiger partial charge in [0.2, 0.25) is 5.91 Å². The molecule has 0 bridgehead atoms. The molecule has 1 aliphatic rings. The third-order valence-corrected chi connectivity index (χ3v) is 8.00. The SMILES string of the molecule is CC(=O)NCCCCCCCCNc1ncnc2c1ncn2[C@@H]1O[C@H](COP(=O)(O)OP(=O)(O)O)[C@@H](O)[C@H]1O. The lowest BCUT2D eigenvalue weighted by Crippen LogP contribution is -2.33. The van der Waals surface area contributed by atoms with Crippen LogP contribution in [0, 0.1) is 0 Å². The van der Waals surface area contributed by atoms with Crippen LogP contribution in [0.3, 0.4) is 0 Å². The number of hydrogen-bond donors (Lipinski definition) is 7. The number of phosphoric acid groups is 2. The number of nitrogens with one attached hydrogen (secondary N) is 2. The summed E-state index contributed by atoms with van der Waals surface area (Å²) < 4.78 is 37.6. The molecular weight excluding hydrogens is 562 g/mol. The molecule has 1 aliphatic heterocycles. The van der Waals surface area contributed by atoms with E-state index in [4.69, 9.17) is 14.5 Å². The van der Waals surface area contributed by atoms with Gasteiger partial charge in [-0.25, -0.2) is 24.1 Å². The molecular formula is C20H34N6O11P2. The van der Waals surface area contributed by atoms with Gasteiger partial charge in [0.25, 0.3) is 0 Å². The normalized spacial score (nSPS) is 23.1. The summed E-state index contributed by atoms with van der Waals surface area (Å²) in [6, 6.07) is 0. The Morgan fingerprint density at radius 2 is 1.69 bits per heavy atom. The predicted molar refractivity (Wildman–Crippen MR) is 135 cm³/mol. The van der Waals surface area contributed by atoms with Crippen molar-refractivity contribution in [3.8, 4) is 0 Å². The van der Waals surface area contributed by atoms with Crippen LogP contribution in [0.4, 0.5) is 5.82 Å². The number of anilines is 1. The standard InChI is InChI=1S/C20H34N6O11P2/c1-13(27)21-8-6-4-2-3-5-7-9-22-18-15-19(24-11-23-18)26(12-25-15)20-17(29)16(28)14(36-20)10-35-39(33,34)37-38(30,31)32/h11-12,14,16-17,20,28-29H,2-10H2,1H3,(H,21,27)(H,33,34)(H,22,23,24)(H2,30,31,32)/t14-,16-,17-,20-/m1/s1. The number of aliphatic hydroxyl groups excluding tert-OH is 2. The van der Waals surface area contributed by atoms with E-state index in [0.29, 0.717) is 30.1 Å². The number of amides is 1. The molecule has 39 heavy (non-hydrogen) atoms. The minimum absolute atomic E-state index is 0.0164. The van der Waals surface area contributed by atoms with Gasteiger partial charge in [0.15, 0.2) is 23.2 Å². The number of carbonyl (C=O) groups is 1. The Hall–Kier alpha value is -2.04. The fourth-order valence-electron chi connectivity index (χ4n) is 4.02. The Bertz CT molecular complexity index is 1190. The lowest BCUT2D eigenvalue weighted by molar-refractivity contribution is -0.118. The molecule has 0 aromatic carbocycles. The number of imidazole rings is 1. The fraction of sp³-hybridized carbons (Fsp3) is 0.700. The minimum Gasteiger partial charge on any atom is -0.387 e. The number of aliphatic hydroxyl groups is 2. The van der Waals surface area contributed by atoms with Crippen LogP contribution < -0.4 is 10.6 Å². The number of rotatable bonds is 16. The van der Waals surface area contributed by atoms with Gasteiger partial charge in [0.1, 0.15) is 24.6 Å². The largest absolute Gasteiger partial charge is 0.481 e. The number of unbranched alkanes of at least 4 members (excludes halogenated alkanes) is 5. The Kier molecular flexibility index (Phi) is 11.3.